The van der Waals surface area contributed by atoms with Gasteiger partial charge in [0.1, 0.15) is 11.4 Å². The molecule has 2 aromatic heterocycles. The monoisotopic (exact) mass is 454 g/mol. The Bertz CT molecular complexity index is 1300. The highest BCUT2D eigenvalue weighted by Crippen LogP contribution is 2.25. The zero-order valence-corrected chi connectivity index (χ0v) is 19.8. The Hall–Kier alpha value is -3.64. The lowest BCUT2D eigenvalue weighted by Crippen LogP contribution is -2.30. The summed E-state index contributed by atoms with van der Waals surface area (Å²) in [5.41, 5.74) is 6.45. The zero-order chi connectivity index (χ0) is 23.5. The number of fused-ring (bicyclic) bond motifs is 1. The van der Waals surface area contributed by atoms with Crippen molar-refractivity contribution in [3.05, 3.63) is 83.7 Å². The van der Waals surface area contributed by atoms with Crippen molar-refractivity contribution in [2.45, 2.75) is 32.7 Å². The number of imidazole rings is 1. The van der Waals surface area contributed by atoms with Crippen LogP contribution in [0.1, 0.15) is 40.7 Å². The molecule has 1 aliphatic rings. The summed E-state index contributed by atoms with van der Waals surface area (Å²) >= 11 is 0. The molecule has 0 unspecified atom stereocenters. The fraction of sp³-hybridized carbons (Fsp3) is 0.286. The van der Waals surface area contributed by atoms with Crippen LogP contribution in [0, 0.1) is 6.92 Å². The molecular weight excluding hydrogens is 424 g/mol. The van der Waals surface area contributed by atoms with Gasteiger partial charge >= 0.3 is 0 Å². The molecule has 0 bridgehead atoms. The predicted molar refractivity (Wildman–Crippen MR) is 135 cm³/mol. The molecule has 2 aromatic carbocycles. The summed E-state index contributed by atoms with van der Waals surface area (Å²) in [7, 11) is 1.66. The van der Waals surface area contributed by atoms with Gasteiger partial charge in [0.2, 0.25) is 0 Å². The molecule has 4 aromatic rings. The van der Waals surface area contributed by atoms with Gasteiger partial charge in [-0.15, -0.1) is 0 Å². The van der Waals surface area contributed by atoms with E-state index < -0.39 is 0 Å². The Balaban J connectivity index is 1.34. The molecular formula is C28H30N4O2. The number of ether oxygens (including phenoxy) is 1. The predicted octanol–water partition coefficient (Wildman–Crippen LogP) is 5.56. The molecule has 1 amide bonds. The van der Waals surface area contributed by atoms with Crippen LogP contribution in [0.2, 0.25) is 0 Å². The number of aromatic nitrogens is 2. The molecule has 174 valence electrons. The van der Waals surface area contributed by atoms with Gasteiger partial charge in [0, 0.05) is 35.8 Å². The molecule has 5 rings (SSSR count). The van der Waals surface area contributed by atoms with Gasteiger partial charge in [0.05, 0.1) is 12.8 Å². The van der Waals surface area contributed by atoms with E-state index in [2.05, 4.69) is 23.2 Å². The van der Waals surface area contributed by atoms with Crippen molar-refractivity contribution in [3.8, 4) is 17.0 Å². The normalized spacial score (nSPS) is 14.3. The molecule has 0 radical (unpaired) electrons. The molecule has 0 spiro atoms. The second-order valence-corrected chi connectivity index (χ2v) is 8.94. The Morgan fingerprint density at radius 1 is 1.06 bits per heavy atom. The maximum atomic E-state index is 13.2. The number of likely N-dealkylation sites (tertiary alicyclic amines) is 1. The van der Waals surface area contributed by atoms with Crippen LogP contribution in [0.3, 0.4) is 0 Å². The largest absolute Gasteiger partial charge is 0.497 e. The average Bonchev–Trinajstić information content (AvgIpc) is 3.31. The van der Waals surface area contributed by atoms with Crippen LogP contribution in [-0.4, -0.2) is 40.4 Å². The van der Waals surface area contributed by atoms with Gasteiger partial charge in [0.15, 0.2) is 0 Å². The molecule has 34 heavy (non-hydrogen) atoms. The van der Waals surface area contributed by atoms with Crippen molar-refractivity contribution in [1.29, 1.82) is 0 Å². The van der Waals surface area contributed by atoms with E-state index in [4.69, 9.17) is 9.72 Å². The number of benzene rings is 2. The lowest BCUT2D eigenvalue weighted by atomic mass is 10.0. The minimum absolute atomic E-state index is 0.106. The molecule has 0 aliphatic carbocycles. The van der Waals surface area contributed by atoms with Gasteiger partial charge in [-0.2, -0.15) is 0 Å². The number of nitrogens with one attached hydrogen (secondary N) is 1. The second-order valence-electron chi connectivity index (χ2n) is 8.94. The summed E-state index contributed by atoms with van der Waals surface area (Å²) in [5.74, 6) is 0.668. The van der Waals surface area contributed by atoms with Crippen molar-refractivity contribution < 1.29 is 9.53 Å². The first kappa shape index (κ1) is 22.2. The van der Waals surface area contributed by atoms with E-state index in [0.29, 0.717) is 5.56 Å². The fourth-order valence-electron chi connectivity index (χ4n) is 4.62. The summed E-state index contributed by atoms with van der Waals surface area (Å²) in [4.78, 5) is 20.4. The van der Waals surface area contributed by atoms with Crippen molar-refractivity contribution in [2.75, 3.05) is 25.5 Å². The van der Waals surface area contributed by atoms with E-state index >= 15 is 0 Å². The maximum absolute atomic E-state index is 13.2. The van der Waals surface area contributed by atoms with Gasteiger partial charge in [-0.3, -0.25) is 9.69 Å². The third-order valence-corrected chi connectivity index (χ3v) is 6.52. The number of piperidine rings is 1. The quantitative estimate of drug-likeness (QED) is 0.415. The van der Waals surface area contributed by atoms with Crippen LogP contribution in [0.5, 0.6) is 5.75 Å². The van der Waals surface area contributed by atoms with E-state index in [-0.39, 0.29) is 5.91 Å². The lowest BCUT2D eigenvalue weighted by molar-refractivity contribution is 0.102. The first-order chi connectivity index (χ1) is 16.6. The number of hydrogen-bond acceptors (Lipinski definition) is 4. The molecule has 3 heterocycles. The van der Waals surface area contributed by atoms with E-state index in [1.807, 2.05) is 65.3 Å². The zero-order valence-electron chi connectivity index (χ0n) is 19.8. The highest BCUT2D eigenvalue weighted by atomic mass is 16.5. The molecule has 1 N–H and O–H groups in total. The Morgan fingerprint density at radius 2 is 1.85 bits per heavy atom. The SMILES string of the molecule is COc1ccc(C(=O)Nc2ccc(-c3cn4cccc(C)c4n3)cc2)c(CN2CCCCC2)c1. The third kappa shape index (κ3) is 4.68. The molecule has 6 nitrogen and oxygen atoms in total. The Kier molecular flexibility index (Phi) is 6.32. The number of methoxy groups -OCH3 is 1. The smallest absolute Gasteiger partial charge is 0.255 e. The number of pyridine rings is 1. The number of anilines is 1. The van der Waals surface area contributed by atoms with Crippen LogP contribution < -0.4 is 10.1 Å². The highest BCUT2D eigenvalue weighted by Gasteiger charge is 2.17. The third-order valence-electron chi connectivity index (χ3n) is 6.52. The second kappa shape index (κ2) is 9.69. The first-order valence-corrected chi connectivity index (χ1v) is 11.9. The summed E-state index contributed by atoms with van der Waals surface area (Å²) in [6.07, 6.45) is 7.74. The molecule has 1 saturated heterocycles. The van der Waals surface area contributed by atoms with E-state index in [0.717, 1.165) is 59.1 Å². The van der Waals surface area contributed by atoms with Crippen molar-refractivity contribution in [2.24, 2.45) is 0 Å². The van der Waals surface area contributed by atoms with Gasteiger partial charge in [-0.1, -0.05) is 24.6 Å². The number of nitrogens with zero attached hydrogens (tertiary/aromatic N) is 3. The lowest BCUT2D eigenvalue weighted by Gasteiger charge is -2.27. The van der Waals surface area contributed by atoms with Crippen molar-refractivity contribution >= 4 is 17.2 Å². The molecule has 6 heteroatoms. The summed E-state index contributed by atoms with van der Waals surface area (Å²) < 4.78 is 7.46. The highest BCUT2D eigenvalue weighted by molar-refractivity contribution is 6.05. The van der Waals surface area contributed by atoms with E-state index in [1.54, 1.807) is 7.11 Å². The first-order valence-electron chi connectivity index (χ1n) is 11.9. The fourth-order valence-corrected chi connectivity index (χ4v) is 4.62. The molecule has 0 atom stereocenters. The summed E-state index contributed by atoms with van der Waals surface area (Å²) in [6.45, 7) is 4.96. The molecule has 0 saturated carbocycles. The maximum Gasteiger partial charge on any atom is 0.255 e. The number of hydrogen-bond donors (Lipinski definition) is 1. The number of amides is 1. The number of carbonyl (C=O) groups excluding carboxylic acids is 1. The van der Waals surface area contributed by atoms with Gasteiger partial charge < -0.3 is 14.5 Å². The van der Waals surface area contributed by atoms with Crippen LogP contribution >= 0.6 is 0 Å². The van der Waals surface area contributed by atoms with Gasteiger partial charge in [-0.05, 0) is 80.4 Å². The minimum Gasteiger partial charge on any atom is -0.497 e. The Morgan fingerprint density at radius 3 is 2.59 bits per heavy atom. The van der Waals surface area contributed by atoms with Gasteiger partial charge in [0.25, 0.3) is 5.91 Å². The molecule has 1 aliphatic heterocycles. The van der Waals surface area contributed by atoms with Crippen LogP contribution in [0.25, 0.3) is 16.9 Å². The summed E-state index contributed by atoms with van der Waals surface area (Å²) in [6, 6.07) is 17.6. The number of aryl methyl sites for hydroxylation is 1. The van der Waals surface area contributed by atoms with E-state index in [9.17, 15) is 4.79 Å². The number of rotatable bonds is 6. The average molecular weight is 455 g/mol. The van der Waals surface area contributed by atoms with E-state index in [1.165, 1.54) is 19.3 Å². The summed E-state index contributed by atoms with van der Waals surface area (Å²) in [5, 5.41) is 3.06. The standard InChI is InChI=1S/C28H30N4O2/c1-20-7-6-16-32-19-26(30-27(20)32)21-8-10-23(11-9-21)29-28(33)25-13-12-24(34-2)17-22(25)18-31-14-4-3-5-15-31/h6-13,16-17,19H,3-5,14-15,18H2,1-2H3,(H,29,33). The van der Waals surface area contributed by atoms with Crippen LogP contribution in [0.4, 0.5) is 5.69 Å². The van der Waals surface area contributed by atoms with Crippen LogP contribution in [0.15, 0.2) is 67.0 Å². The Labute approximate surface area is 200 Å². The van der Waals surface area contributed by atoms with Crippen LogP contribution in [-0.2, 0) is 6.54 Å². The number of carbonyl (C=O) groups is 1. The van der Waals surface area contributed by atoms with Crippen molar-refractivity contribution in [3.63, 3.8) is 0 Å². The van der Waals surface area contributed by atoms with Crippen molar-refractivity contribution in [1.82, 2.24) is 14.3 Å². The topological polar surface area (TPSA) is 58.9 Å². The minimum atomic E-state index is -0.106. The molecule has 1 fully saturated rings. The van der Waals surface area contributed by atoms with Gasteiger partial charge in [-0.25, -0.2) is 4.98 Å².